The quantitative estimate of drug-likeness (QED) is 0.802. The minimum absolute atomic E-state index is 0.0126. The van der Waals surface area contributed by atoms with E-state index in [4.69, 9.17) is 0 Å². The first-order chi connectivity index (χ1) is 13.6. The molecule has 5 rings (SSSR count). The van der Waals surface area contributed by atoms with Crippen molar-refractivity contribution in [1.29, 1.82) is 0 Å². The van der Waals surface area contributed by atoms with E-state index in [1.807, 2.05) is 51.9 Å². The molecular weight excluding hydrogens is 354 g/mol. The molecule has 3 atom stereocenters. The lowest BCUT2D eigenvalue weighted by atomic mass is 9.82. The molecule has 2 amide bonds. The molecule has 0 saturated carbocycles. The smallest absolute Gasteiger partial charge is 0.250 e. The SMILES string of the molecule is O=C([C@@H]1CC(=O)N(c2ccccc2)C1)N1C[C@@H]2C[C@@H](C1)c1cccc(=O)n1C2. The summed E-state index contributed by atoms with van der Waals surface area (Å²) in [5.74, 6) is 0.307. The van der Waals surface area contributed by atoms with Crippen LogP contribution < -0.4 is 10.5 Å². The molecule has 3 aliphatic rings. The van der Waals surface area contributed by atoms with Gasteiger partial charge >= 0.3 is 0 Å². The number of piperidine rings is 1. The topological polar surface area (TPSA) is 62.6 Å². The second-order valence-electron chi connectivity index (χ2n) is 8.18. The third kappa shape index (κ3) is 2.84. The third-order valence-corrected chi connectivity index (χ3v) is 6.33. The van der Waals surface area contributed by atoms with Gasteiger partial charge in [-0.1, -0.05) is 24.3 Å². The molecule has 0 spiro atoms. The van der Waals surface area contributed by atoms with Crippen LogP contribution in [0.15, 0.2) is 53.3 Å². The molecule has 4 heterocycles. The van der Waals surface area contributed by atoms with Gasteiger partial charge in [-0.3, -0.25) is 14.4 Å². The Morgan fingerprint density at radius 1 is 0.893 bits per heavy atom. The van der Waals surface area contributed by atoms with E-state index in [0.29, 0.717) is 32.1 Å². The molecule has 2 aromatic rings. The summed E-state index contributed by atoms with van der Waals surface area (Å²) in [4.78, 5) is 41.5. The summed E-state index contributed by atoms with van der Waals surface area (Å²) in [5.41, 5.74) is 1.94. The van der Waals surface area contributed by atoms with Crippen molar-refractivity contribution in [3.63, 3.8) is 0 Å². The molecule has 28 heavy (non-hydrogen) atoms. The van der Waals surface area contributed by atoms with Gasteiger partial charge in [-0.2, -0.15) is 0 Å². The van der Waals surface area contributed by atoms with Gasteiger partial charge in [0.25, 0.3) is 5.56 Å². The van der Waals surface area contributed by atoms with Crippen LogP contribution in [0.5, 0.6) is 0 Å². The zero-order valence-corrected chi connectivity index (χ0v) is 15.7. The van der Waals surface area contributed by atoms with Crippen LogP contribution >= 0.6 is 0 Å². The van der Waals surface area contributed by atoms with Gasteiger partial charge in [0.1, 0.15) is 0 Å². The Labute approximate surface area is 163 Å². The molecule has 0 unspecified atom stereocenters. The fraction of sp³-hybridized carbons (Fsp3) is 0.409. The minimum atomic E-state index is -0.288. The summed E-state index contributed by atoms with van der Waals surface area (Å²) in [5, 5.41) is 0. The molecule has 2 bridgehead atoms. The van der Waals surface area contributed by atoms with Crippen molar-refractivity contribution in [3.05, 3.63) is 64.6 Å². The van der Waals surface area contributed by atoms with Crippen molar-refractivity contribution in [3.8, 4) is 0 Å². The van der Waals surface area contributed by atoms with Crippen LogP contribution in [0.1, 0.15) is 24.5 Å². The number of aromatic nitrogens is 1. The molecule has 6 heteroatoms. The number of fused-ring (bicyclic) bond motifs is 4. The molecule has 6 nitrogen and oxygen atoms in total. The van der Waals surface area contributed by atoms with Gasteiger partial charge in [0.2, 0.25) is 11.8 Å². The van der Waals surface area contributed by atoms with Gasteiger partial charge in [-0.15, -0.1) is 0 Å². The fourth-order valence-electron chi connectivity index (χ4n) is 5.07. The molecule has 2 saturated heterocycles. The molecule has 0 radical (unpaired) electrons. The Hall–Kier alpha value is -2.89. The number of benzene rings is 1. The summed E-state index contributed by atoms with van der Waals surface area (Å²) >= 11 is 0. The number of pyridine rings is 1. The van der Waals surface area contributed by atoms with E-state index in [-0.39, 0.29) is 35.6 Å². The normalized spacial score (nSPS) is 26.3. The molecule has 1 aromatic heterocycles. The lowest BCUT2D eigenvalue weighted by Crippen LogP contribution is -2.50. The minimum Gasteiger partial charge on any atom is -0.341 e. The van der Waals surface area contributed by atoms with E-state index in [1.54, 1.807) is 11.0 Å². The Kier molecular flexibility index (Phi) is 4.07. The maximum Gasteiger partial charge on any atom is 0.250 e. The van der Waals surface area contributed by atoms with Gasteiger partial charge in [0.05, 0.1) is 5.92 Å². The molecule has 0 aliphatic carbocycles. The average molecular weight is 377 g/mol. The predicted octanol–water partition coefficient (Wildman–Crippen LogP) is 1.85. The fourth-order valence-corrected chi connectivity index (χ4v) is 5.07. The van der Waals surface area contributed by atoms with Crippen LogP contribution in [-0.2, 0) is 16.1 Å². The van der Waals surface area contributed by atoms with E-state index in [9.17, 15) is 14.4 Å². The molecule has 144 valence electrons. The Bertz CT molecular complexity index is 984. The number of anilines is 1. The van der Waals surface area contributed by atoms with E-state index >= 15 is 0 Å². The molecule has 0 N–H and O–H groups in total. The van der Waals surface area contributed by atoms with Gasteiger partial charge in [0, 0.05) is 56.0 Å². The van der Waals surface area contributed by atoms with Crippen molar-refractivity contribution in [2.45, 2.75) is 25.3 Å². The van der Waals surface area contributed by atoms with Crippen LogP contribution in [-0.4, -0.2) is 40.9 Å². The van der Waals surface area contributed by atoms with Crippen LogP contribution in [0.3, 0.4) is 0 Å². The number of carbonyl (C=O) groups is 2. The van der Waals surface area contributed by atoms with Crippen LogP contribution in [0.4, 0.5) is 5.69 Å². The first-order valence-electron chi connectivity index (χ1n) is 9.94. The van der Waals surface area contributed by atoms with Gasteiger partial charge < -0.3 is 14.4 Å². The summed E-state index contributed by atoms with van der Waals surface area (Å²) in [6, 6.07) is 15.0. The zero-order chi connectivity index (χ0) is 19.3. The van der Waals surface area contributed by atoms with E-state index < -0.39 is 0 Å². The van der Waals surface area contributed by atoms with Crippen molar-refractivity contribution in [2.24, 2.45) is 11.8 Å². The largest absolute Gasteiger partial charge is 0.341 e. The van der Waals surface area contributed by atoms with E-state index in [0.717, 1.165) is 17.8 Å². The van der Waals surface area contributed by atoms with Gasteiger partial charge in [-0.05, 0) is 30.5 Å². The van der Waals surface area contributed by atoms with Gasteiger partial charge in [-0.25, -0.2) is 0 Å². The standard InChI is InChI=1S/C22H23N3O3/c26-20-8-4-7-19-16-9-15(12-25(19)20)11-23(13-16)22(28)17-10-21(27)24(14-17)18-5-2-1-3-6-18/h1-8,15-17H,9-14H2/t15-,16-,17+/m0/s1. The lowest BCUT2D eigenvalue weighted by molar-refractivity contribution is -0.138. The number of likely N-dealkylation sites (tertiary alicyclic amines) is 1. The Morgan fingerprint density at radius 3 is 2.54 bits per heavy atom. The van der Waals surface area contributed by atoms with Gasteiger partial charge in [0.15, 0.2) is 0 Å². The second-order valence-corrected chi connectivity index (χ2v) is 8.18. The molecular formula is C22H23N3O3. The Balaban J connectivity index is 1.33. The number of carbonyl (C=O) groups excluding carboxylic acids is 2. The number of hydrogen-bond donors (Lipinski definition) is 0. The Morgan fingerprint density at radius 2 is 1.71 bits per heavy atom. The first kappa shape index (κ1) is 17.2. The van der Waals surface area contributed by atoms with Crippen molar-refractivity contribution < 1.29 is 9.59 Å². The number of amides is 2. The molecule has 2 fully saturated rings. The maximum atomic E-state index is 13.2. The number of para-hydroxylation sites is 1. The highest BCUT2D eigenvalue weighted by molar-refractivity contribution is 6.00. The summed E-state index contributed by atoms with van der Waals surface area (Å²) in [6.07, 6.45) is 1.29. The summed E-state index contributed by atoms with van der Waals surface area (Å²) in [7, 11) is 0. The average Bonchev–Trinajstić information content (AvgIpc) is 3.10. The highest BCUT2D eigenvalue weighted by Crippen LogP contribution is 2.36. The highest BCUT2D eigenvalue weighted by atomic mass is 16.2. The number of rotatable bonds is 2. The van der Waals surface area contributed by atoms with Crippen LogP contribution in [0.25, 0.3) is 0 Å². The third-order valence-electron chi connectivity index (χ3n) is 6.33. The first-order valence-corrected chi connectivity index (χ1v) is 9.94. The van der Waals surface area contributed by atoms with Crippen LogP contribution in [0, 0.1) is 11.8 Å². The zero-order valence-electron chi connectivity index (χ0n) is 15.7. The monoisotopic (exact) mass is 377 g/mol. The predicted molar refractivity (Wildman–Crippen MR) is 105 cm³/mol. The highest BCUT2D eigenvalue weighted by Gasteiger charge is 2.41. The number of hydrogen-bond acceptors (Lipinski definition) is 3. The maximum absolute atomic E-state index is 13.2. The van der Waals surface area contributed by atoms with E-state index in [2.05, 4.69) is 0 Å². The van der Waals surface area contributed by atoms with Crippen molar-refractivity contribution in [2.75, 3.05) is 24.5 Å². The lowest BCUT2D eigenvalue weighted by Gasteiger charge is -2.43. The molecule has 3 aliphatic heterocycles. The summed E-state index contributed by atoms with van der Waals surface area (Å²) < 4.78 is 1.87. The summed E-state index contributed by atoms with van der Waals surface area (Å²) in [6.45, 7) is 2.43. The second kappa shape index (κ2) is 6.62. The van der Waals surface area contributed by atoms with Crippen LogP contribution in [0.2, 0.25) is 0 Å². The van der Waals surface area contributed by atoms with Crippen molar-refractivity contribution in [1.82, 2.24) is 9.47 Å². The number of nitrogens with zero attached hydrogens (tertiary/aromatic N) is 3. The molecule has 1 aromatic carbocycles. The van der Waals surface area contributed by atoms with Crippen molar-refractivity contribution >= 4 is 17.5 Å². The van der Waals surface area contributed by atoms with E-state index in [1.165, 1.54) is 0 Å².